The second-order valence-corrected chi connectivity index (χ2v) is 7.27. The highest BCUT2D eigenvalue weighted by molar-refractivity contribution is 5.79. The summed E-state index contributed by atoms with van der Waals surface area (Å²) in [6, 6.07) is 25.0. The molecule has 6 heteroatoms. The lowest BCUT2D eigenvalue weighted by atomic mass is 10.1. The van der Waals surface area contributed by atoms with Gasteiger partial charge < -0.3 is 4.74 Å². The van der Waals surface area contributed by atoms with Crippen molar-refractivity contribution in [2.24, 2.45) is 0 Å². The number of nitrogens with zero attached hydrogens (tertiary/aromatic N) is 4. The molecule has 0 saturated heterocycles. The second-order valence-electron chi connectivity index (χ2n) is 7.27. The van der Waals surface area contributed by atoms with Gasteiger partial charge in [0.15, 0.2) is 5.65 Å². The van der Waals surface area contributed by atoms with Crippen molar-refractivity contribution in [2.75, 3.05) is 7.11 Å². The fourth-order valence-electron chi connectivity index (χ4n) is 3.59. The van der Waals surface area contributed by atoms with Crippen LogP contribution in [-0.4, -0.2) is 26.4 Å². The van der Waals surface area contributed by atoms with Crippen LogP contribution in [0.15, 0.2) is 89.9 Å². The Hall–Kier alpha value is -4.19. The van der Waals surface area contributed by atoms with Crippen molar-refractivity contribution in [1.29, 1.82) is 0 Å². The van der Waals surface area contributed by atoms with Gasteiger partial charge in [-0.3, -0.25) is 9.36 Å². The van der Waals surface area contributed by atoms with Gasteiger partial charge in [-0.15, -0.1) is 0 Å². The summed E-state index contributed by atoms with van der Waals surface area (Å²) < 4.78 is 8.60. The Balaban J connectivity index is 1.82. The first kappa shape index (κ1) is 18.8. The molecule has 0 unspecified atom stereocenters. The van der Waals surface area contributed by atoms with Gasteiger partial charge in [0.1, 0.15) is 17.0 Å². The molecule has 3 aromatic carbocycles. The van der Waals surface area contributed by atoms with Crippen molar-refractivity contribution < 1.29 is 4.74 Å². The first-order chi connectivity index (χ1) is 15.2. The first-order valence-corrected chi connectivity index (χ1v) is 9.93. The monoisotopic (exact) mass is 408 g/mol. The van der Waals surface area contributed by atoms with Crippen molar-refractivity contribution in [1.82, 2.24) is 19.3 Å². The molecule has 2 heterocycles. The normalized spacial score (nSPS) is 11.0. The summed E-state index contributed by atoms with van der Waals surface area (Å²) in [5, 5.41) is 4.91. The summed E-state index contributed by atoms with van der Waals surface area (Å²) in [6.45, 7) is 2.03. The molecule has 0 aliphatic rings. The van der Waals surface area contributed by atoms with Gasteiger partial charge in [-0.05, 0) is 43.3 Å². The third-order valence-corrected chi connectivity index (χ3v) is 5.24. The minimum Gasteiger partial charge on any atom is -0.497 e. The lowest BCUT2D eigenvalue weighted by Gasteiger charge is -2.14. The van der Waals surface area contributed by atoms with E-state index in [4.69, 9.17) is 9.72 Å². The maximum Gasteiger partial charge on any atom is 0.269 e. The summed E-state index contributed by atoms with van der Waals surface area (Å²) in [5.41, 5.74) is 3.90. The van der Waals surface area contributed by atoms with Crippen LogP contribution >= 0.6 is 0 Å². The van der Waals surface area contributed by atoms with Gasteiger partial charge in [0.25, 0.3) is 5.56 Å². The van der Waals surface area contributed by atoms with E-state index in [9.17, 15) is 4.79 Å². The number of rotatable bonds is 4. The molecule has 152 valence electrons. The predicted molar refractivity (Wildman–Crippen MR) is 121 cm³/mol. The Labute approximate surface area is 179 Å². The van der Waals surface area contributed by atoms with Crippen molar-refractivity contribution in [3.63, 3.8) is 0 Å². The summed E-state index contributed by atoms with van der Waals surface area (Å²) in [4.78, 5) is 18.6. The zero-order valence-corrected chi connectivity index (χ0v) is 17.2. The molecule has 0 atom stereocenters. The Bertz CT molecular complexity index is 1420. The standard InChI is InChI=1S/C25H20N4O2/c1-17-8-10-18(11-9-17)23-27-24-22(16-26-29(24)20-6-4-3-5-7-20)25(30)28(23)19-12-14-21(31-2)15-13-19/h3-16H,1-2H3. The average molecular weight is 408 g/mol. The zero-order valence-electron chi connectivity index (χ0n) is 17.2. The number of fused-ring (bicyclic) bond motifs is 1. The SMILES string of the molecule is COc1ccc(-n2c(-c3ccc(C)cc3)nc3c(cnn3-c3ccccc3)c2=O)cc1. The summed E-state index contributed by atoms with van der Waals surface area (Å²) in [5.74, 6) is 1.28. The number of para-hydroxylation sites is 1. The molecular weight excluding hydrogens is 388 g/mol. The van der Waals surface area contributed by atoms with Crippen molar-refractivity contribution in [3.05, 3.63) is 101 Å². The topological polar surface area (TPSA) is 61.9 Å². The van der Waals surface area contributed by atoms with Crippen LogP contribution in [0.5, 0.6) is 5.75 Å². The van der Waals surface area contributed by atoms with Gasteiger partial charge in [0, 0.05) is 5.56 Å². The molecule has 0 aliphatic heterocycles. The number of ether oxygens (including phenoxy) is 1. The number of hydrogen-bond donors (Lipinski definition) is 0. The van der Waals surface area contributed by atoms with Gasteiger partial charge >= 0.3 is 0 Å². The van der Waals surface area contributed by atoms with Gasteiger partial charge in [-0.2, -0.15) is 5.10 Å². The van der Waals surface area contributed by atoms with E-state index in [1.165, 1.54) is 0 Å². The number of aromatic nitrogens is 4. The highest BCUT2D eigenvalue weighted by atomic mass is 16.5. The Morgan fingerprint density at radius 1 is 0.839 bits per heavy atom. The minimum absolute atomic E-state index is 0.173. The molecule has 31 heavy (non-hydrogen) atoms. The minimum atomic E-state index is -0.173. The molecule has 0 N–H and O–H groups in total. The van der Waals surface area contributed by atoms with E-state index in [1.54, 1.807) is 22.6 Å². The van der Waals surface area contributed by atoms with Crippen LogP contribution in [0.1, 0.15) is 5.56 Å². The van der Waals surface area contributed by atoms with E-state index < -0.39 is 0 Å². The van der Waals surface area contributed by atoms with Crippen molar-refractivity contribution >= 4 is 11.0 Å². The number of methoxy groups -OCH3 is 1. The highest BCUT2D eigenvalue weighted by Gasteiger charge is 2.18. The quantitative estimate of drug-likeness (QED) is 0.438. The van der Waals surface area contributed by atoms with Crippen LogP contribution in [0.25, 0.3) is 33.8 Å². The van der Waals surface area contributed by atoms with Gasteiger partial charge in [-0.25, -0.2) is 9.67 Å². The maximum absolute atomic E-state index is 13.6. The van der Waals surface area contributed by atoms with E-state index in [0.29, 0.717) is 22.5 Å². The first-order valence-electron chi connectivity index (χ1n) is 9.93. The molecule has 0 aliphatic carbocycles. The van der Waals surface area contributed by atoms with Crippen LogP contribution in [0.4, 0.5) is 0 Å². The van der Waals surface area contributed by atoms with Crippen LogP contribution in [0, 0.1) is 6.92 Å². The molecule has 0 amide bonds. The number of benzene rings is 3. The maximum atomic E-state index is 13.6. The fourth-order valence-corrected chi connectivity index (χ4v) is 3.59. The summed E-state index contributed by atoms with van der Waals surface area (Å²) in [6.07, 6.45) is 1.58. The highest BCUT2D eigenvalue weighted by Crippen LogP contribution is 2.25. The number of aryl methyl sites for hydroxylation is 1. The molecular formula is C25H20N4O2. The van der Waals surface area contributed by atoms with E-state index >= 15 is 0 Å². The molecule has 0 fully saturated rings. The molecule has 0 saturated carbocycles. The van der Waals surface area contributed by atoms with Crippen molar-refractivity contribution in [3.8, 4) is 28.5 Å². The van der Waals surface area contributed by atoms with Crippen LogP contribution in [0.2, 0.25) is 0 Å². The molecule has 0 bridgehead atoms. The third kappa shape index (κ3) is 3.28. The summed E-state index contributed by atoms with van der Waals surface area (Å²) >= 11 is 0. The Morgan fingerprint density at radius 2 is 1.55 bits per heavy atom. The molecule has 0 radical (unpaired) electrons. The van der Waals surface area contributed by atoms with Crippen molar-refractivity contribution in [2.45, 2.75) is 6.92 Å². The fraction of sp³-hybridized carbons (Fsp3) is 0.0800. The summed E-state index contributed by atoms with van der Waals surface area (Å²) in [7, 11) is 1.62. The third-order valence-electron chi connectivity index (χ3n) is 5.24. The van der Waals surface area contributed by atoms with Crippen LogP contribution in [0.3, 0.4) is 0 Å². The molecule has 2 aromatic heterocycles. The van der Waals surface area contributed by atoms with E-state index in [2.05, 4.69) is 5.10 Å². The average Bonchev–Trinajstić information content (AvgIpc) is 3.25. The molecule has 6 nitrogen and oxygen atoms in total. The molecule has 5 rings (SSSR count). The smallest absolute Gasteiger partial charge is 0.269 e. The largest absolute Gasteiger partial charge is 0.497 e. The van der Waals surface area contributed by atoms with E-state index in [-0.39, 0.29) is 5.56 Å². The number of hydrogen-bond acceptors (Lipinski definition) is 4. The van der Waals surface area contributed by atoms with Gasteiger partial charge in [0.2, 0.25) is 0 Å². The van der Waals surface area contributed by atoms with Gasteiger partial charge in [0.05, 0.1) is 24.7 Å². The molecule has 5 aromatic rings. The van der Waals surface area contributed by atoms with E-state index in [0.717, 1.165) is 22.6 Å². The zero-order chi connectivity index (χ0) is 21.4. The lowest BCUT2D eigenvalue weighted by molar-refractivity contribution is 0.414. The molecule has 0 spiro atoms. The second kappa shape index (κ2) is 7.57. The lowest BCUT2D eigenvalue weighted by Crippen LogP contribution is -2.22. The van der Waals surface area contributed by atoms with E-state index in [1.807, 2.05) is 85.8 Å². The Kier molecular flexibility index (Phi) is 4.59. The predicted octanol–water partition coefficient (Wildman–Crippen LogP) is 4.56. The van der Waals surface area contributed by atoms with Gasteiger partial charge in [-0.1, -0.05) is 48.0 Å². The van der Waals surface area contributed by atoms with Crippen LogP contribution < -0.4 is 10.3 Å². The van der Waals surface area contributed by atoms with Crippen LogP contribution in [-0.2, 0) is 0 Å². The Morgan fingerprint density at radius 3 is 2.23 bits per heavy atom.